The highest BCUT2D eigenvalue weighted by Gasteiger charge is 2.09. The zero-order valence-corrected chi connectivity index (χ0v) is 17.0. The number of thiazole rings is 1. The van der Waals surface area contributed by atoms with Crippen molar-refractivity contribution in [3.05, 3.63) is 51.3 Å². The first-order chi connectivity index (χ1) is 10.5. The quantitative estimate of drug-likeness (QED) is 0.300. The van der Waals surface area contributed by atoms with Gasteiger partial charge in [0.05, 0.1) is 12.2 Å². The molecule has 2 rings (SSSR count). The molecule has 1 aromatic carbocycles. The van der Waals surface area contributed by atoms with Crippen molar-refractivity contribution >= 4 is 52.9 Å². The fraction of sp³-hybridized carbons (Fsp3) is 0.250. The summed E-state index contributed by atoms with van der Waals surface area (Å²) >= 11 is 7.55. The molecule has 0 fully saturated rings. The third-order valence-corrected chi connectivity index (χ3v) is 4.12. The van der Waals surface area contributed by atoms with E-state index < -0.39 is 0 Å². The number of aliphatic imine (C=N–C) groups is 1. The molecule has 0 unspecified atom stereocenters. The number of hydrogen-bond donors (Lipinski definition) is 2. The van der Waals surface area contributed by atoms with E-state index >= 15 is 0 Å². The summed E-state index contributed by atoms with van der Waals surface area (Å²) in [5, 5.41) is 4.66. The molecule has 124 valence electrons. The maximum absolute atomic E-state index is 5.92. The van der Waals surface area contributed by atoms with Gasteiger partial charge in [-0.05, 0) is 26.0 Å². The van der Waals surface area contributed by atoms with Crippen LogP contribution < -0.4 is 11.1 Å². The second-order valence-corrected chi connectivity index (χ2v) is 6.76. The van der Waals surface area contributed by atoms with Gasteiger partial charge in [0.15, 0.2) is 5.96 Å². The molecule has 0 radical (unpaired) electrons. The van der Waals surface area contributed by atoms with E-state index in [4.69, 9.17) is 17.3 Å². The third-order valence-electron chi connectivity index (χ3n) is 2.91. The van der Waals surface area contributed by atoms with Crippen LogP contribution >= 0.6 is 46.9 Å². The molecule has 0 spiro atoms. The molecule has 7 heteroatoms. The maximum Gasteiger partial charge on any atom is 0.189 e. The van der Waals surface area contributed by atoms with E-state index in [1.54, 1.807) is 11.3 Å². The number of aryl methyl sites for hydroxylation is 1. The van der Waals surface area contributed by atoms with Crippen LogP contribution in [0.2, 0.25) is 5.02 Å². The molecular weight excluding hydrogens is 443 g/mol. The minimum atomic E-state index is 0. The lowest BCUT2D eigenvalue weighted by molar-refractivity contribution is 0.935. The lowest BCUT2D eigenvalue weighted by Gasteiger charge is -2.03. The van der Waals surface area contributed by atoms with Gasteiger partial charge in [0, 0.05) is 22.0 Å². The Morgan fingerprint density at radius 2 is 2.04 bits per heavy atom. The summed E-state index contributed by atoms with van der Waals surface area (Å²) < 4.78 is 0. The van der Waals surface area contributed by atoms with Gasteiger partial charge in [-0.2, -0.15) is 0 Å². The predicted molar refractivity (Wildman–Crippen MR) is 111 cm³/mol. The van der Waals surface area contributed by atoms with Crippen LogP contribution in [0.1, 0.15) is 16.8 Å². The summed E-state index contributed by atoms with van der Waals surface area (Å²) in [6.45, 7) is 8.89. The number of rotatable bonds is 5. The van der Waals surface area contributed by atoms with E-state index in [1.807, 2.05) is 31.2 Å². The highest BCUT2D eigenvalue weighted by Crippen LogP contribution is 2.28. The van der Waals surface area contributed by atoms with Crippen molar-refractivity contribution in [2.45, 2.75) is 20.4 Å². The largest absolute Gasteiger partial charge is 0.370 e. The molecule has 0 saturated carbocycles. The highest BCUT2D eigenvalue weighted by molar-refractivity contribution is 14.0. The number of hydrogen-bond acceptors (Lipinski definition) is 3. The van der Waals surface area contributed by atoms with E-state index in [9.17, 15) is 0 Å². The predicted octanol–water partition coefficient (Wildman–Crippen LogP) is 4.37. The molecule has 2 aromatic rings. The Balaban J connectivity index is 0.00000264. The number of halogens is 2. The normalized spacial score (nSPS) is 11.0. The molecule has 1 heterocycles. The second-order valence-electron chi connectivity index (χ2n) is 5.03. The topological polar surface area (TPSA) is 63.3 Å². The summed E-state index contributed by atoms with van der Waals surface area (Å²) in [7, 11) is 0. The molecule has 0 bridgehead atoms. The first-order valence-corrected chi connectivity index (χ1v) is 8.05. The first-order valence-electron chi connectivity index (χ1n) is 6.86. The SMILES string of the molecule is C=C(C)CNC(N)=NCc1nc(-c2ccc(Cl)cc2)c(C)s1.I. The Morgan fingerprint density at radius 1 is 1.39 bits per heavy atom. The minimum Gasteiger partial charge on any atom is -0.370 e. The van der Waals surface area contributed by atoms with Gasteiger partial charge in [-0.25, -0.2) is 9.98 Å². The summed E-state index contributed by atoms with van der Waals surface area (Å²) in [6, 6.07) is 7.68. The maximum atomic E-state index is 5.92. The molecule has 0 aliphatic rings. The number of nitrogens with one attached hydrogen (secondary N) is 1. The van der Waals surface area contributed by atoms with Crippen molar-refractivity contribution in [2.75, 3.05) is 6.54 Å². The monoisotopic (exact) mass is 462 g/mol. The average molecular weight is 463 g/mol. The molecule has 0 amide bonds. The van der Waals surface area contributed by atoms with E-state index in [-0.39, 0.29) is 24.0 Å². The molecule has 0 saturated heterocycles. The third kappa shape index (κ3) is 6.12. The molecule has 3 N–H and O–H groups in total. The molecule has 1 aromatic heterocycles. The lowest BCUT2D eigenvalue weighted by Crippen LogP contribution is -2.32. The highest BCUT2D eigenvalue weighted by atomic mass is 127. The first kappa shape index (κ1) is 19.9. The smallest absolute Gasteiger partial charge is 0.189 e. The van der Waals surface area contributed by atoms with Gasteiger partial charge < -0.3 is 11.1 Å². The van der Waals surface area contributed by atoms with Crippen molar-refractivity contribution < 1.29 is 0 Å². The fourth-order valence-electron chi connectivity index (χ4n) is 1.84. The van der Waals surface area contributed by atoms with Crippen LogP contribution in [0.25, 0.3) is 11.3 Å². The summed E-state index contributed by atoms with van der Waals surface area (Å²) in [5.41, 5.74) is 8.84. The zero-order valence-electron chi connectivity index (χ0n) is 13.1. The Morgan fingerprint density at radius 3 is 2.65 bits per heavy atom. The van der Waals surface area contributed by atoms with Crippen molar-refractivity contribution in [3.63, 3.8) is 0 Å². The van der Waals surface area contributed by atoms with Gasteiger partial charge in [-0.1, -0.05) is 35.9 Å². The molecule has 4 nitrogen and oxygen atoms in total. The zero-order chi connectivity index (χ0) is 16.1. The lowest BCUT2D eigenvalue weighted by atomic mass is 10.1. The Hall–Kier alpha value is -1.12. The van der Waals surface area contributed by atoms with Crippen LogP contribution in [-0.2, 0) is 6.54 Å². The minimum absolute atomic E-state index is 0. The Kier molecular flexibility index (Phi) is 8.01. The number of nitrogens with two attached hydrogens (primary N) is 1. The van der Waals surface area contributed by atoms with E-state index in [0.717, 1.165) is 31.7 Å². The van der Waals surface area contributed by atoms with Crippen LogP contribution in [0, 0.1) is 6.92 Å². The average Bonchev–Trinajstić information content (AvgIpc) is 2.85. The summed E-state index contributed by atoms with van der Waals surface area (Å²) in [6.07, 6.45) is 0. The van der Waals surface area contributed by atoms with Crippen molar-refractivity contribution in [1.29, 1.82) is 0 Å². The summed E-state index contributed by atoms with van der Waals surface area (Å²) in [5.74, 6) is 0.406. The van der Waals surface area contributed by atoms with E-state index in [1.165, 1.54) is 0 Å². The number of benzene rings is 1. The second kappa shape index (κ2) is 9.24. The van der Waals surface area contributed by atoms with Crippen LogP contribution in [0.4, 0.5) is 0 Å². The van der Waals surface area contributed by atoms with Crippen molar-refractivity contribution in [1.82, 2.24) is 10.3 Å². The van der Waals surface area contributed by atoms with Crippen molar-refractivity contribution in [3.8, 4) is 11.3 Å². The van der Waals surface area contributed by atoms with Gasteiger partial charge in [0.25, 0.3) is 0 Å². The standard InChI is InChI=1S/C16H19ClN4S.HI/c1-10(2)8-19-16(18)20-9-14-21-15(11(3)22-14)12-4-6-13(17)7-5-12;/h4-7H,1,8-9H2,2-3H3,(H3,18,19,20);1H. The van der Waals surface area contributed by atoms with E-state index in [0.29, 0.717) is 19.0 Å². The Labute approximate surface area is 162 Å². The van der Waals surface area contributed by atoms with E-state index in [2.05, 4.69) is 28.8 Å². The van der Waals surface area contributed by atoms with Gasteiger partial charge in [0.1, 0.15) is 5.01 Å². The number of nitrogens with zero attached hydrogens (tertiary/aromatic N) is 2. The van der Waals surface area contributed by atoms with Crippen LogP contribution in [0.3, 0.4) is 0 Å². The number of guanidine groups is 1. The van der Waals surface area contributed by atoms with Gasteiger partial charge in [0.2, 0.25) is 0 Å². The molecular formula is C16H20ClIN4S. The van der Waals surface area contributed by atoms with Crippen molar-refractivity contribution in [2.24, 2.45) is 10.7 Å². The molecule has 0 atom stereocenters. The Bertz CT molecular complexity index is 695. The number of aromatic nitrogens is 1. The van der Waals surface area contributed by atoms with Crippen LogP contribution in [0.15, 0.2) is 41.4 Å². The van der Waals surface area contributed by atoms with Crippen LogP contribution in [0.5, 0.6) is 0 Å². The van der Waals surface area contributed by atoms with Gasteiger partial charge >= 0.3 is 0 Å². The summed E-state index contributed by atoms with van der Waals surface area (Å²) in [4.78, 5) is 10.1. The van der Waals surface area contributed by atoms with Gasteiger partial charge in [-0.15, -0.1) is 35.3 Å². The fourth-order valence-corrected chi connectivity index (χ4v) is 2.85. The van der Waals surface area contributed by atoms with Gasteiger partial charge in [-0.3, -0.25) is 0 Å². The molecule has 0 aliphatic carbocycles. The molecule has 0 aliphatic heterocycles. The van der Waals surface area contributed by atoms with Crippen LogP contribution in [-0.4, -0.2) is 17.5 Å². The molecule has 23 heavy (non-hydrogen) atoms.